The van der Waals surface area contributed by atoms with Crippen LogP contribution in [0.3, 0.4) is 0 Å². The molecule has 17 heavy (non-hydrogen) atoms. The molecule has 0 fully saturated rings. The predicted molar refractivity (Wildman–Crippen MR) is 67.3 cm³/mol. The molecule has 2 heterocycles. The average Bonchev–Trinajstić information content (AvgIpc) is 2.86. The van der Waals surface area contributed by atoms with E-state index in [0.717, 1.165) is 30.3 Å². The van der Waals surface area contributed by atoms with Crippen LogP contribution in [-0.4, -0.2) is 26.3 Å². The minimum absolute atomic E-state index is 0.654. The summed E-state index contributed by atoms with van der Waals surface area (Å²) in [6.45, 7) is 6.16. The number of hydrogen-bond donors (Lipinski definition) is 2. The zero-order valence-corrected chi connectivity index (χ0v) is 10.6. The summed E-state index contributed by atoms with van der Waals surface area (Å²) in [5.41, 5.74) is 2.05. The second kappa shape index (κ2) is 5.14. The lowest BCUT2D eigenvalue weighted by atomic mass is 10.2. The van der Waals surface area contributed by atoms with Crippen molar-refractivity contribution in [3.8, 4) is 11.4 Å². The third kappa shape index (κ3) is 2.94. The zero-order valence-electron chi connectivity index (χ0n) is 10.6. The maximum atomic E-state index is 4.35. The van der Waals surface area contributed by atoms with E-state index in [1.54, 1.807) is 6.20 Å². The third-order valence-corrected chi connectivity index (χ3v) is 2.57. The van der Waals surface area contributed by atoms with Crippen LogP contribution < -0.4 is 5.32 Å². The van der Waals surface area contributed by atoms with Gasteiger partial charge in [-0.3, -0.25) is 4.68 Å². The molecule has 5 heteroatoms. The molecule has 0 amide bonds. The van der Waals surface area contributed by atoms with Crippen molar-refractivity contribution in [2.75, 3.05) is 6.54 Å². The Hall–Kier alpha value is -1.62. The second-order valence-electron chi connectivity index (χ2n) is 4.61. The van der Waals surface area contributed by atoms with Crippen molar-refractivity contribution >= 4 is 0 Å². The van der Waals surface area contributed by atoms with E-state index >= 15 is 0 Å². The molecule has 0 radical (unpaired) electrons. The highest BCUT2D eigenvalue weighted by atomic mass is 15.3. The van der Waals surface area contributed by atoms with Gasteiger partial charge in [-0.05, 0) is 18.5 Å². The zero-order chi connectivity index (χ0) is 12.3. The van der Waals surface area contributed by atoms with E-state index in [2.05, 4.69) is 34.2 Å². The number of imidazole rings is 1. The fraction of sp³-hybridized carbons (Fsp3) is 0.500. The number of H-pyrrole nitrogens is 1. The molecule has 0 saturated carbocycles. The smallest absolute Gasteiger partial charge is 0.120 e. The first-order valence-electron chi connectivity index (χ1n) is 5.90. The van der Waals surface area contributed by atoms with E-state index in [9.17, 15) is 0 Å². The molecule has 0 aliphatic carbocycles. The molecule has 5 nitrogen and oxygen atoms in total. The van der Waals surface area contributed by atoms with Crippen molar-refractivity contribution in [3.05, 3.63) is 24.3 Å². The summed E-state index contributed by atoms with van der Waals surface area (Å²) in [5.74, 6) is 1.61. The largest absolute Gasteiger partial charge is 0.340 e. The van der Waals surface area contributed by atoms with Gasteiger partial charge in [-0.15, -0.1) is 0 Å². The quantitative estimate of drug-likeness (QED) is 0.824. The molecule has 0 saturated heterocycles. The number of aromatic nitrogens is 4. The summed E-state index contributed by atoms with van der Waals surface area (Å²) in [6, 6.07) is 1.97. The van der Waals surface area contributed by atoms with E-state index in [1.165, 1.54) is 0 Å². The predicted octanol–water partition coefficient (Wildman–Crippen LogP) is 1.56. The molecule has 2 rings (SSSR count). The van der Waals surface area contributed by atoms with Gasteiger partial charge in [0.2, 0.25) is 0 Å². The van der Waals surface area contributed by atoms with E-state index in [1.807, 2.05) is 24.0 Å². The fourth-order valence-electron chi connectivity index (χ4n) is 1.70. The molecule has 0 aromatic carbocycles. The van der Waals surface area contributed by atoms with Gasteiger partial charge in [0.1, 0.15) is 5.82 Å². The molecule has 2 N–H and O–H groups in total. The average molecular weight is 233 g/mol. The summed E-state index contributed by atoms with van der Waals surface area (Å²) >= 11 is 0. The Bertz CT molecular complexity index is 469. The highest BCUT2D eigenvalue weighted by Crippen LogP contribution is 2.14. The SMILES string of the molecule is CC(C)CNCc1ncc(-c2ccnn2C)[nH]1. The highest BCUT2D eigenvalue weighted by Gasteiger charge is 2.06. The molecular weight excluding hydrogens is 214 g/mol. The Morgan fingerprint density at radius 2 is 2.29 bits per heavy atom. The van der Waals surface area contributed by atoms with Crippen molar-refractivity contribution in [2.45, 2.75) is 20.4 Å². The lowest BCUT2D eigenvalue weighted by Crippen LogP contribution is -2.19. The van der Waals surface area contributed by atoms with Crippen LogP contribution in [0.4, 0.5) is 0 Å². The van der Waals surface area contributed by atoms with Crippen LogP contribution in [0.1, 0.15) is 19.7 Å². The van der Waals surface area contributed by atoms with Crippen LogP contribution in [0.15, 0.2) is 18.5 Å². The molecular formula is C12H19N5. The van der Waals surface area contributed by atoms with Gasteiger partial charge in [-0.2, -0.15) is 5.10 Å². The Morgan fingerprint density at radius 1 is 1.47 bits per heavy atom. The third-order valence-electron chi connectivity index (χ3n) is 2.57. The minimum Gasteiger partial charge on any atom is -0.340 e. The van der Waals surface area contributed by atoms with Crippen molar-refractivity contribution in [3.63, 3.8) is 0 Å². The van der Waals surface area contributed by atoms with E-state index < -0.39 is 0 Å². The number of aromatic amines is 1. The molecule has 0 aliphatic heterocycles. The van der Waals surface area contributed by atoms with Crippen molar-refractivity contribution in [1.29, 1.82) is 0 Å². The summed E-state index contributed by atoms with van der Waals surface area (Å²) < 4.78 is 1.83. The topological polar surface area (TPSA) is 58.5 Å². The van der Waals surface area contributed by atoms with Gasteiger partial charge in [0.15, 0.2) is 0 Å². The summed E-state index contributed by atoms with van der Waals surface area (Å²) in [4.78, 5) is 7.65. The molecule has 0 atom stereocenters. The van der Waals surface area contributed by atoms with Crippen LogP contribution in [-0.2, 0) is 13.6 Å². The van der Waals surface area contributed by atoms with E-state index in [-0.39, 0.29) is 0 Å². The molecule has 0 unspecified atom stereocenters. The number of nitrogens with one attached hydrogen (secondary N) is 2. The van der Waals surface area contributed by atoms with Crippen LogP contribution >= 0.6 is 0 Å². The van der Waals surface area contributed by atoms with Gasteiger partial charge < -0.3 is 10.3 Å². The second-order valence-corrected chi connectivity index (χ2v) is 4.61. The molecule has 2 aromatic heterocycles. The molecule has 92 valence electrons. The van der Waals surface area contributed by atoms with E-state index in [0.29, 0.717) is 5.92 Å². The van der Waals surface area contributed by atoms with Gasteiger partial charge in [-0.25, -0.2) is 4.98 Å². The monoisotopic (exact) mass is 233 g/mol. The number of hydrogen-bond acceptors (Lipinski definition) is 3. The number of rotatable bonds is 5. The van der Waals surface area contributed by atoms with Gasteiger partial charge in [0, 0.05) is 13.2 Å². The maximum Gasteiger partial charge on any atom is 0.120 e. The highest BCUT2D eigenvalue weighted by molar-refractivity contribution is 5.52. The van der Waals surface area contributed by atoms with Gasteiger partial charge in [0.05, 0.1) is 24.1 Å². The van der Waals surface area contributed by atoms with Gasteiger partial charge in [-0.1, -0.05) is 13.8 Å². The van der Waals surface area contributed by atoms with Crippen LogP contribution in [0, 0.1) is 5.92 Å². The molecule has 0 bridgehead atoms. The lowest BCUT2D eigenvalue weighted by molar-refractivity contribution is 0.544. The Kier molecular flexibility index (Phi) is 3.58. The minimum atomic E-state index is 0.654. The van der Waals surface area contributed by atoms with Crippen LogP contribution in [0.5, 0.6) is 0 Å². The van der Waals surface area contributed by atoms with Crippen LogP contribution in [0.25, 0.3) is 11.4 Å². The first kappa shape index (κ1) is 11.9. The van der Waals surface area contributed by atoms with Crippen LogP contribution in [0.2, 0.25) is 0 Å². The first-order chi connectivity index (χ1) is 8.16. The summed E-state index contributed by atoms with van der Waals surface area (Å²) in [7, 11) is 1.92. The van der Waals surface area contributed by atoms with Gasteiger partial charge >= 0.3 is 0 Å². The Balaban J connectivity index is 1.99. The van der Waals surface area contributed by atoms with Crippen molar-refractivity contribution in [1.82, 2.24) is 25.1 Å². The lowest BCUT2D eigenvalue weighted by Gasteiger charge is -2.04. The first-order valence-corrected chi connectivity index (χ1v) is 5.90. The molecule has 2 aromatic rings. The Morgan fingerprint density at radius 3 is 2.94 bits per heavy atom. The summed E-state index contributed by atoms with van der Waals surface area (Å²) in [6.07, 6.45) is 3.64. The fourth-order valence-corrected chi connectivity index (χ4v) is 1.70. The van der Waals surface area contributed by atoms with E-state index in [4.69, 9.17) is 0 Å². The maximum absolute atomic E-state index is 4.35. The Labute approximate surface area is 101 Å². The van der Waals surface area contributed by atoms with Crippen molar-refractivity contribution in [2.24, 2.45) is 13.0 Å². The number of aryl methyl sites for hydroxylation is 1. The molecule has 0 aliphatic rings. The molecule has 0 spiro atoms. The normalized spacial score (nSPS) is 11.3. The van der Waals surface area contributed by atoms with Gasteiger partial charge in [0.25, 0.3) is 0 Å². The standard InChI is InChI=1S/C12H19N5/c1-9(2)6-13-8-12-14-7-10(16-12)11-4-5-15-17(11)3/h4-5,7,9,13H,6,8H2,1-3H3,(H,14,16). The number of nitrogens with zero attached hydrogens (tertiary/aromatic N) is 3. The summed E-state index contributed by atoms with van der Waals surface area (Å²) in [5, 5.41) is 7.50. The van der Waals surface area contributed by atoms with Crippen molar-refractivity contribution < 1.29 is 0 Å².